The standard InChI is InChI=1S/C37H54N4O6Si/c1-23(2)48(24(3)4,25(5)6)47-29-19-15-26(16-20-29)30(21-38-34(43)46-37(10,11)12)33(42)39-28-17-13-27(14-18-28)31-22-41(35(44)45)40-32(31)36(7,8)9/h13-20,22-25,30H,21H2,1-12H3,(H,38,43)(H,39,42)(H,44,45). The summed E-state index contributed by atoms with van der Waals surface area (Å²) in [5.74, 6) is -0.260. The molecule has 0 bridgehead atoms. The van der Waals surface area contributed by atoms with Crippen LogP contribution in [0.25, 0.3) is 11.1 Å². The molecule has 0 aliphatic heterocycles. The third-order valence-electron chi connectivity index (χ3n) is 8.53. The highest BCUT2D eigenvalue weighted by Gasteiger charge is 2.47. The smallest absolute Gasteiger partial charge is 0.432 e. The van der Waals surface area contributed by atoms with E-state index in [4.69, 9.17) is 9.16 Å². The normalized spacial score (nSPS) is 13.1. The molecule has 0 spiro atoms. The summed E-state index contributed by atoms with van der Waals surface area (Å²) in [6, 6.07) is 14.8. The first kappa shape index (κ1) is 38.3. The van der Waals surface area contributed by atoms with Crippen LogP contribution in [-0.2, 0) is 14.9 Å². The van der Waals surface area contributed by atoms with Gasteiger partial charge in [0.15, 0.2) is 0 Å². The Morgan fingerprint density at radius 2 is 1.40 bits per heavy atom. The lowest BCUT2D eigenvalue weighted by molar-refractivity contribution is -0.117. The van der Waals surface area contributed by atoms with Crippen LogP contribution in [0.2, 0.25) is 16.6 Å². The quantitative estimate of drug-likeness (QED) is 0.172. The van der Waals surface area contributed by atoms with Gasteiger partial charge >= 0.3 is 12.2 Å². The van der Waals surface area contributed by atoms with Crippen molar-refractivity contribution in [2.75, 3.05) is 11.9 Å². The van der Waals surface area contributed by atoms with Crippen LogP contribution in [0.15, 0.2) is 54.7 Å². The highest BCUT2D eigenvalue weighted by Crippen LogP contribution is 2.43. The van der Waals surface area contributed by atoms with Crippen molar-refractivity contribution in [2.45, 2.75) is 117 Å². The van der Waals surface area contributed by atoms with Gasteiger partial charge in [0.25, 0.3) is 8.32 Å². The van der Waals surface area contributed by atoms with Gasteiger partial charge in [0.2, 0.25) is 5.91 Å². The van der Waals surface area contributed by atoms with Crippen molar-refractivity contribution in [3.63, 3.8) is 0 Å². The van der Waals surface area contributed by atoms with Crippen molar-refractivity contribution in [1.82, 2.24) is 15.1 Å². The molecule has 11 heteroatoms. The molecule has 3 N–H and O–H groups in total. The fourth-order valence-corrected chi connectivity index (χ4v) is 11.6. The van der Waals surface area contributed by atoms with E-state index in [1.54, 1.807) is 32.9 Å². The van der Waals surface area contributed by atoms with Gasteiger partial charge < -0.3 is 24.9 Å². The summed E-state index contributed by atoms with van der Waals surface area (Å²) >= 11 is 0. The molecule has 0 saturated heterocycles. The van der Waals surface area contributed by atoms with E-state index in [1.165, 1.54) is 6.20 Å². The SMILES string of the molecule is CC(C)[Si](Oc1ccc(C(CNC(=O)OC(C)(C)C)C(=O)Nc2ccc(-c3cn(C(=O)O)nc3C(C)(C)C)cc2)cc1)(C(C)C)C(C)C. The van der Waals surface area contributed by atoms with Gasteiger partial charge in [0.1, 0.15) is 11.4 Å². The van der Waals surface area contributed by atoms with E-state index in [-0.39, 0.29) is 17.9 Å². The van der Waals surface area contributed by atoms with E-state index < -0.39 is 32.0 Å². The second-order valence-corrected chi connectivity index (χ2v) is 20.7. The van der Waals surface area contributed by atoms with Crippen molar-refractivity contribution in [3.05, 3.63) is 66.0 Å². The number of aromatic nitrogens is 2. The Kier molecular flexibility index (Phi) is 12.0. The number of nitrogens with zero attached hydrogens (tertiary/aromatic N) is 2. The van der Waals surface area contributed by atoms with Crippen LogP contribution in [-0.4, -0.2) is 53.4 Å². The van der Waals surface area contributed by atoms with Crippen molar-refractivity contribution >= 4 is 32.1 Å². The molecule has 3 rings (SSSR count). The van der Waals surface area contributed by atoms with Gasteiger partial charge in [-0.15, -0.1) is 0 Å². The van der Waals surface area contributed by atoms with Gasteiger partial charge in [0, 0.05) is 29.4 Å². The molecule has 1 unspecified atom stereocenters. The fourth-order valence-electron chi connectivity index (χ4n) is 6.39. The molecule has 1 heterocycles. The predicted molar refractivity (Wildman–Crippen MR) is 194 cm³/mol. The number of carbonyl (C=O) groups excluding carboxylic acids is 2. The van der Waals surface area contributed by atoms with Gasteiger partial charge in [-0.25, -0.2) is 9.59 Å². The van der Waals surface area contributed by atoms with Gasteiger partial charge in [-0.05, 0) is 72.8 Å². The molecule has 1 atom stereocenters. The first-order chi connectivity index (χ1) is 22.2. The number of ether oxygens (including phenoxy) is 1. The minimum absolute atomic E-state index is 0.0189. The Labute approximate surface area is 286 Å². The molecule has 0 aliphatic carbocycles. The monoisotopic (exact) mass is 678 g/mol. The zero-order valence-electron chi connectivity index (χ0n) is 30.6. The Bertz CT molecular complexity index is 1540. The minimum Gasteiger partial charge on any atom is -0.543 e. The van der Waals surface area contributed by atoms with Crippen LogP contribution in [0, 0.1) is 0 Å². The Morgan fingerprint density at radius 1 is 0.854 bits per heavy atom. The Morgan fingerprint density at radius 3 is 1.85 bits per heavy atom. The molecule has 1 aromatic heterocycles. The van der Waals surface area contributed by atoms with E-state index in [0.717, 1.165) is 16.0 Å². The zero-order valence-corrected chi connectivity index (χ0v) is 31.6. The molecule has 0 fully saturated rings. The molecule has 262 valence electrons. The first-order valence-corrected chi connectivity index (χ1v) is 18.8. The van der Waals surface area contributed by atoms with Gasteiger partial charge in [-0.3, -0.25) is 4.79 Å². The lowest BCUT2D eigenvalue weighted by atomic mass is 9.87. The van der Waals surface area contributed by atoms with Crippen LogP contribution < -0.4 is 15.1 Å². The predicted octanol–water partition coefficient (Wildman–Crippen LogP) is 9.18. The van der Waals surface area contributed by atoms with Crippen LogP contribution in [0.4, 0.5) is 15.3 Å². The van der Waals surface area contributed by atoms with Crippen molar-refractivity contribution < 1.29 is 28.7 Å². The number of hydrogen-bond acceptors (Lipinski definition) is 6. The summed E-state index contributed by atoms with van der Waals surface area (Å²) in [6.45, 7) is 24.7. The lowest BCUT2D eigenvalue weighted by Crippen LogP contribution is -2.50. The topological polar surface area (TPSA) is 132 Å². The number of carboxylic acid groups (broad SMARTS) is 1. The van der Waals surface area contributed by atoms with E-state index in [9.17, 15) is 19.5 Å². The van der Waals surface area contributed by atoms with Gasteiger partial charge in [-0.1, -0.05) is 86.6 Å². The van der Waals surface area contributed by atoms with Crippen molar-refractivity contribution in [2.24, 2.45) is 0 Å². The van der Waals surface area contributed by atoms with Gasteiger partial charge in [-0.2, -0.15) is 9.78 Å². The maximum atomic E-state index is 13.8. The average molecular weight is 679 g/mol. The minimum atomic E-state index is -2.17. The zero-order chi connectivity index (χ0) is 36.2. The Hall–Kier alpha value is -4.12. The molecular weight excluding hydrogens is 625 g/mol. The highest BCUT2D eigenvalue weighted by atomic mass is 28.4. The maximum Gasteiger partial charge on any atom is 0.432 e. The molecule has 0 radical (unpaired) electrons. The lowest BCUT2D eigenvalue weighted by Gasteiger charge is -2.42. The number of carbonyl (C=O) groups is 3. The molecule has 2 aromatic carbocycles. The number of alkyl carbamates (subject to hydrolysis) is 1. The van der Waals surface area contributed by atoms with E-state index in [2.05, 4.69) is 57.3 Å². The second kappa shape index (κ2) is 15.0. The first-order valence-electron chi connectivity index (χ1n) is 16.7. The third kappa shape index (κ3) is 9.27. The maximum absolute atomic E-state index is 13.8. The number of nitrogens with one attached hydrogen (secondary N) is 2. The number of rotatable bonds is 11. The summed E-state index contributed by atoms with van der Waals surface area (Å²) in [7, 11) is -2.17. The van der Waals surface area contributed by atoms with Crippen LogP contribution >= 0.6 is 0 Å². The summed E-state index contributed by atoms with van der Waals surface area (Å²) in [6.07, 6.45) is -0.275. The molecule has 0 saturated carbocycles. The molecule has 48 heavy (non-hydrogen) atoms. The van der Waals surface area contributed by atoms with Crippen molar-refractivity contribution in [3.8, 4) is 16.9 Å². The number of amides is 2. The van der Waals surface area contributed by atoms with E-state index in [0.29, 0.717) is 39.1 Å². The molecule has 0 aliphatic rings. The van der Waals surface area contributed by atoms with Gasteiger partial charge in [0.05, 0.1) is 11.6 Å². The fraction of sp³-hybridized carbons (Fsp3) is 0.514. The van der Waals surface area contributed by atoms with Crippen LogP contribution in [0.5, 0.6) is 5.75 Å². The molecular formula is C37H54N4O6Si. The number of hydrogen-bond donors (Lipinski definition) is 3. The average Bonchev–Trinajstić information content (AvgIpc) is 3.43. The second-order valence-electron chi connectivity index (χ2n) is 15.4. The van der Waals surface area contributed by atoms with Crippen molar-refractivity contribution in [1.29, 1.82) is 0 Å². The third-order valence-corrected chi connectivity index (χ3v) is 14.5. The summed E-state index contributed by atoms with van der Waals surface area (Å²) in [5.41, 5.74) is 3.55. The van der Waals surface area contributed by atoms with Crippen LogP contribution in [0.1, 0.15) is 100 Å². The van der Waals surface area contributed by atoms with E-state index >= 15 is 0 Å². The number of benzene rings is 2. The molecule has 3 aromatic rings. The Balaban J connectivity index is 1.90. The number of anilines is 1. The van der Waals surface area contributed by atoms with Crippen LogP contribution in [0.3, 0.4) is 0 Å². The summed E-state index contributed by atoms with van der Waals surface area (Å²) < 4.78 is 13.2. The molecule has 10 nitrogen and oxygen atoms in total. The molecule has 2 amide bonds. The largest absolute Gasteiger partial charge is 0.543 e. The summed E-state index contributed by atoms with van der Waals surface area (Å²) in [5, 5.41) is 19.5. The highest BCUT2D eigenvalue weighted by molar-refractivity contribution is 6.78. The summed E-state index contributed by atoms with van der Waals surface area (Å²) in [4.78, 5) is 38.0. The van der Waals surface area contributed by atoms with E-state index in [1.807, 2.05) is 57.2 Å².